The largest absolute Gasteiger partial charge is 0.329 e. The van der Waals surface area contributed by atoms with Gasteiger partial charge in [-0.05, 0) is 37.6 Å². The highest BCUT2D eigenvalue weighted by atomic mass is 15.2. The smallest absolute Gasteiger partial charge is 0.0331 e. The fourth-order valence-electron chi connectivity index (χ4n) is 3.86. The van der Waals surface area contributed by atoms with Crippen molar-refractivity contribution in [3.63, 3.8) is 0 Å². The average Bonchev–Trinajstić information content (AvgIpc) is 2.53. The van der Waals surface area contributed by atoms with E-state index >= 15 is 0 Å². The normalized spacial score (nSPS) is 29.8. The quantitative estimate of drug-likeness (QED) is 0.749. The van der Waals surface area contributed by atoms with E-state index in [1.165, 1.54) is 64.5 Å². The molecule has 0 unspecified atom stereocenters. The van der Waals surface area contributed by atoms with Gasteiger partial charge in [0, 0.05) is 18.6 Å². The molecule has 0 radical (unpaired) electrons. The molecule has 0 amide bonds. The van der Waals surface area contributed by atoms with Gasteiger partial charge in [-0.25, -0.2) is 0 Å². The Morgan fingerprint density at radius 1 is 0.941 bits per heavy atom. The molecule has 0 aromatic carbocycles. The minimum absolute atomic E-state index is 0.341. The molecule has 2 fully saturated rings. The number of rotatable bonds is 2. The van der Waals surface area contributed by atoms with Crippen molar-refractivity contribution in [3.05, 3.63) is 0 Å². The molecule has 0 spiro atoms. The maximum Gasteiger partial charge on any atom is 0.0331 e. The molecule has 2 aliphatic rings. The van der Waals surface area contributed by atoms with Crippen LogP contribution in [0.3, 0.4) is 0 Å². The Kier molecular flexibility index (Phi) is 4.14. The summed E-state index contributed by atoms with van der Waals surface area (Å²) in [5.41, 5.74) is 7.02. The fraction of sp³-hybridized carbons (Fsp3) is 1.00. The van der Waals surface area contributed by atoms with Crippen LogP contribution < -0.4 is 5.73 Å². The van der Waals surface area contributed by atoms with Gasteiger partial charge < -0.3 is 5.73 Å². The zero-order valence-corrected chi connectivity index (χ0v) is 11.8. The van der Waals surface area contributed by atoms with Crippen molar-refractivity contribution in [2.45, 2.75) is 70.8 Å². The zero-order chi connectivity index (χ0) is 12.4. The Bertz CT molecular complexity index is 239. The first-order valence-electron chi connectivity index (χ1n) is 7.53. The lowest BCUT2D eigenvalue weighted by Crippen LogP contribution is -2.58. The fourth-order valence-corrected chi connectivity index (χ4v) is 3.86. The standard InChI is InChI=1S/C15H30N2/c1-14(2)8-7-11-17(13-14)15(12-16)9-5-3-4-6-10-15/h3-13,16H2,1-2H3. The van der Waals surface area contributed by atoms with Gasteiger partial charge in [-0.1, -0.05) is 39.5 Å². The molecule has 1 saturated heterocycles. The van der Waals surface area contributed by atoms with Crippen LogP contribution in [0.25, 0.3) is 0 Å². The molecule has 0 atom stereocenters. The van der Waals surface area contributed by atoms with E-state index in [2.05, 4.69) is 18.7 Å². The molecule has 1 saturated carbocycles. The zero-order valence-electron chi connectivity index (χ0n) is 11.8. The summed E-state index contributed by atoms with van der Waals surface area (Å²) in [5.74, 6) is 0. The topological polar surface area (TPSA) is 29.3 Å². The van der Waals surface area contributed by atoms with Crippen LogP contribution in [-0.4, -0.2) is 30.1 Å². The molecule has 17 heavy (non-hydrogen) atoms. The highest BCUT2D eigenvalue weighted by molar-refractivity contribution is 4.96. The van der Waals surface area contributed by atoms with E-state index in [0.29, 0.717) is 11.0 Å². The predicted octanol–water partition coefficient (Wildman–Crippen LogP) is 3.16. The Labute approximate surface area is 107 Å². The highest BCUT2D eigenvalue weighted by Gasteiger charge is 2.40. The van der Waals surface area contributed by atoms with Crippen LogP contribution in [0, 0.1) is 5.41 Å². The van der Waals surface area contributed by atoms with E-state index in [1.807, 2.05) is 0 Å². The second-order valence-electron chi connectivity index (χ2n) is 7.03. The van der Waals surface area contributed by atoms with E-state index in [-0.39, 0.29) is 0 Å². The SMILES string of the molecule is CC1(C)CCCN(C2(CN)CCCCCC2)C1. The van der Waals surface area contributed by atoms with E-state index in [9.17, 15) is 0 Å². The average molecular weight is 238 g/mol. The van der Waals surface area contributed by atoms with Crippen LogP contribution in [-0.2, 0) is 0 Å². The molecule has 0 aromatic heterocycles. The third-order valence-electron chi connectivity index (χ3n) is 4.99. The van der Waals surface area contributed by atoms with Gasteiger partial charge in [0.05, 0.1) is 0 Å². The van der Waals surface area contributed by atoms with Crippen molar-refractivity contribution in [2.24, 2.45) is 11.1 Å². The Hall–Kier alpha value is -0.0800. The molecule has 2 rings (SSSR count). The minimum Gasteiger partial charge on any atom is -0.329 e. The Morgan fingerprint density at radius 3 is 2.12 bits per heavy atom. The van der Waals surface area contributed by atoms with Gasteiger partial charge in [0.15, 0.2) is 0 Å². The minimum atomic E-state index is 0.341. The summed E-state index contributed by atoms with van der Waals surface area (Å²) in [6.45, 7) is 8.23. The van der Waals surface area contributed by atoms with Gasteiger partial charge >= 0.3 is 0 Å². The summed E-state index contributed by atoms with van der Waals surface area (Å²) in [5, 5.41) is 0. The van der Waals surface area contributed by atoms with Crippen LogP contribution >= 0.6 is 0 Å². The lowest BCUT2D eigenvalue weighted by Gasteiger charge is -2.49. The molecule has 0 aromatic rings. The molecular formula is C15H30N2. The summed E-state index contributed by atoms with van der Waals surface area (Å²) in [6.07, 6.45) is 11.0. The van der Waals surface area contributed by atoms with E-state index < -0.39 is 0 Å². The van der Waals surface area contributed by atoms with Crippen molar-refractivity contribution in [1.29, 1.82) is 0 Å². The van der Waals surface area contributed by atoms with E-state index in [1.54, 1.807) is 0 Å². The van der Waals surface area contributed by atoms with E-state index in [4.69, 9.17) is 5.73 Å². The first-order chi connectivity index (χ1) is 8.08. The number of nitrogens with two attached hydrogens (primary N) is 1. The van der Waals surface area contributed by atoms with Gasteiger partial charge in [0.25, 0.3) is 0 Å². The lowest BCUT2D eigenvalue weighted by molar-refractivity contribution is 0.00902. The second kappa shape index (κ2) is 5.27. The Balaban J connectivity index is 2.10. The molecular weight excluding hydrogens is 208 g/mol. The number of likely N-dealkylation sites (tertiary alicyclic amines) is 1. The summed E-state index contributed by atoms with van der Waals surface area (Å²) < 4.78 is 0. The number of nitrogens with zero attached hydrogens (tertiary/aromatic N) is 1. The van der Waals surface area contributed by atoms with Gasteiger partial charge in [-0.3, -0.25) is 4.90 Å². The maximum absolute atomic E-state index is 6.19. The third kappa shape index (κ3) is 3.03. The van der Waals surface area contributed by atoms with Crippen LogP contribution in [0.15, 0.2) is 0 Å². The molecule has 1 aliphatic heterocycles. The van der Waals surface area contributed by atoms with Crippen molar-refractivity contribution < 1.29 is 0 Å². The molecule has 2 heteroatoms. The van der Waals surface area contributed by atoms with E-state index in [0.717, 1.165) is 6.54 Å². The van der Waals surface area contributed by atoms with Crippen LogP contribution in [0.1, 0.15) is 65.2 Å². The summed E-state index contributed by atoms with van der Waals surface area (Å²) in [6, 6.07) is 0. The van der Waals surface area contributed by atoms with Crippen LogP contribution in [0.5, 0.6) is 0 Å². The summed E-state index contributed by atoms with van der Waals surface area (Å²) in [4.78, 5) is 2.75. The molecule has 2 nitrogen and oxygen atoms in total. The molecule has 1 aliphatic carbocycles. The second-order valence-corrected chi connectivity index (χ2v) is 7.03. The van der Waals surface area contributed by atoms with Crippen molar-refractivity contribution in [2.75, 3.05) is 19.6 Å². The molecule has 0 bridgehead atoms. The van der Waals surface area contributed by atoms with Crippen molar-refractivity contribution in [1.82, 2.24) is 4.90 Å². The summed E-state index contributed by atoms with van der Waals surface area (Å²) in [7, 11) is 0. The predicted molar refractivity (Wildman–Crippen MR) is 74.1 cm³/mol. The van der Waals surface area contributed by atoms with Crippen LogP contribution in [0.2, 0.25) is 0 Å². The maximum atomic E-state index is 6.19. The monoisotopic (exact) mass is 238 g/mol. The molecule has 1 heterocycles. The van der Waals surface area contributed by atoms with Gasteiger partial charge in [-0.2, -0.15) is 0 Å². The van der Waals surface area contributed by atoms with Crippen molar-refractivity contribution in [3.8, 4) is 0 Å². The van der Waals surface area contributed by atoms with Crippen molar-refractivity contribution >= 4 is 0 Å². The molecule has 100 valence electrons. The first kappa shape index (κ1) is 13.4. The highest BCUT2D eigenvalue weighted by Crippen LogP contribution is 2.38. The lowest BCUT2D eigenvalue weighted by atomic mass is 9.79. The number of piperidine rings is 1. The first-order valence-corrected chi connectivity index (χ1v) is 7.53. The molecule has 2 N–H and O–H groups in total. The summed E-state index contributed by atoms with van der Waals surface area (Å²) >= 11 is 0. The number of hydrogen-bond donors (Lipinski definition) is 1. The number of hydrogen-bond acceptors (Lipinski definition) is 2. The Morgan fingerprint density at radius 2 is 1.59 bits per heavy atom. The van der Waals surface area contributed by atoms with Gasteiger partial charge in [0.1, 0.15) is 0 Å². The van der Waals surface area contributed by atoms with Gasteiger partial charge in [0.2, 0.25) is 0 Å². The van der Waals surface area contributed by atoms with Crippen LogP contribution in [0.4, 0.5) is 0 Å². The van der Waals surface area contributed by atoms with Gasteiger partial charge in [-0.15, -0.1) is 0 Å². The third-order valence-corrected chi connectivity index (χ3v) is 4.99.